The Hall–Kier alpha value is -1.59. The number of carbonyl (C=O) groups is 2. The van der Waals surface area contributed by atoms with Crippen molar-refractivity contribution in [3.05, 3.63) is 34.9 Å². The van der Waals surface area contributed by atoms with Gasteiger partial charge in [0, 0.05) is 25.2 Å². The third kappa shape index (κ3) is 5.02. The van der Waals surface area contributed by atoms with Crippen LogP contribution in [0.4, 0.5) is 0 Å². The van der Waals surface area contributed by atoms with E-state index in [4.69, 9.17) is 16.3 Å². The van der Waals surface area contributed by atoms with E-state index < -0.39 is 5.41 Å². The van der Waals surface area contributed by atoms with Crippen LogP contribution in [0.2, 0.25) is 5.02 Å². The van der Waals surface area contributed by atoms with Crippen LogP contribution in [0.5, 0.6) is 0 Å². The topological polar surface area (TPSA) is 67.4 Å². The van der Waals surface area contributed by atoms with Gasteiger partial charge in [0.25, 0.3) is 0 Å². The second-order valence-corrected chi connectivity index (χ2v) is 5.55. The number of nitrogens with one attached hydrogen (secondary N) is 2. The lowest BCUT2D eigenvalue weighted by Crippen LogP contribution is -2.48. The summed E-state index contributed by atoms with van der Waals surface area (Å²) in [6.07, 6.45) is 0. The number of hydrogen-bond donors (Lipinski definition) is 2. The van der Waals surface area contributed by atoms with Crippen LogP contribution in [0.3, 0.4) is 0 Å². The molecule has 1 rings (SSSR count). The molecule has 0 saturated carbocycles. The largest absolute Gasteiger partial charge is 0.383 e. The molecule has 0 aliphatic rings. The fraction of sp³-hybridized carbons (Fsp3) is 0.467. The van der Waals surface area contributed by atoms with E-state index in [9.17, 15) is 9.59 Å². The molecule has 0 heterocycles. The van der Waals surface area contributed by atoms with E-state index in [-0.39, 0.29) is 18.4 Å². The van der Waals surface area contributed by atoms with E-state index in [2.05, 4.69) is 10.6 Å². The van der Waals surface area contributed by atoms with Crippen molar-refractivity contribution >= 4 is 23.4 Å². The minimum Gasteiger partial charge on any atom is -0.383 e. The third-order valence-electron chi connectivity index (χ3n) is 3.12. The number of hydrogen-bond acceptors (Lipinski definition) is 3. The maximum absolute atomic E-state index is 12.2. The van der Waals surface area contributed by atoms with Gasteiger partial charge < -0.3 is 15.4 Å². The first-order valence-corrected chi connectivity index (χ1v) is 7.06. The SMILES string of the molecule is COCCNC(=O)C(C)(C)C(=O)NCc1ccccc1Cl. The summed E-state index contributed by atoms with van der Waals surface area (Å²) < 4.78 is 4.85. The molecule has 1 aromatic rings. The fourth-order valence-corrected chi connectivity index (χ4v) is 1.83. The molecule has 0 radical (unpaired) electrons. The average Bonchev–Trinajstić information content (AvgIpc) is 2.46. The quantitative estimate of drug-likeness (QED) is 0.595. The molecule has 0 fully saturated rings. The summed E-state index contributed by atoms with van der Waals surface area (Å²) in [5, 5.41) is 5.98. The number of halogens is 1. The van der Waals surface area contributed by atoms with Crippen LogP contribution in [0.15, 0.2) is 24.3 Å². The summed E-state index contributed by atoms with van der Waals surface area (Å²) in [7, 11) is 1.55. The van der Waals surface area contributed by atoms with Crippen molar-refractivity contribution in [1.29, 1.82) is 0 Å². The highest BCUT2D eigenvalue weighted by Crippen LogP contribution is 2.18. The Labute approximate surface area is 130 Å². The molecule has 0 atom stereocenters. The van der Waals surface area contributed by atoms with Crippen molar-refractivity contribution < 1.29 is 14.3 Å². The van der Waals surface area contributed by atoms with Gasteiger partial charge in [-0.05, 0) is 25.5 Å². The first-order chi connectivity index (χ1) is 9.89. The van der Waals surface area contributed by atoms with Crippen LogP contribution < -0.4 is 10.6 Å². The molecule has 2 N–H and O–H groups in total. The van der Waals surface area contributed by atoms with Crippen molar-refractivity contribution in [2.24, 2.45) is 5.41 Å². The fourth-order valence-electron chi connectivity index (χ4n) is 1.63. The van der Waals surface area contributed by atoms with Gasteiger partial charge in [-0.25, -0.2) is 0 Å². The minimum absolute atomic E-state index is 0.285. The number of carbonyl (C=O) groups excluding carboxylic acids is 2. The Kier molecular flexibility index (Phi) is 6.65. The van der Waals surface area contributed by atoms with E-state index in [0.717, 1.165) is 5.56 Å². The standard InChI is InChI=1S/C15H21ClN2O3/c1-15(2,13(19)17-8-9-21-3)14(20)18-10-11-6-4-5-7-12(11)16/h4-7H,8-10H2,1-3H3,(H,17,19)(H,18,20). The summed E-state index contributed by atoms with van der Waals surface area (Å²) in [6, 6.07) is 7.25. The molecule has 0 bridgehead atoms. The highest BCUT2D eigenvalue weighted by Gasteiger charge is 2.35. The summed E-state index contributed by atoms with van der Waals surface area (Å²) >= 11 is 6.02. The molecule has 0 aliphatic carbocycles. The molecule has 0 aliphatic heterocycles. The Morgan fingerprint density at radius 2 is 1.81 bits per heavy atom. The van der Waals surface area contributed by atoms with Gasteiger partial charge in [0.1, 0.15) is 5.41 Å². The van der Waals surface area contributed by atoms with Crippen LogP contribution in [0, 0.1) is 5.41 Å². The van der Waals surface area contributed by atoms with Crippen molar-refractivity contribution in [3.63, 3.8) is 0 Å². The molecule has 0 saturated heterocycles. The molecule has 0 unspecified atom stereocenters. The lowest BCUT2D eigenvalue weighted by Gasteiger charge is -2.22. The molecular formula is C15H21ClN2O3. The molecule has 21 heavy (non-hydrogen) atoms. The molecular weight excluding hydrogens is 292 g/mol. The number of rotatable bonds is 7. The normalized spacial score (nSPS) is 11.0. The maximum atomic E-state index is 12.2. The van der Waals surface area contributed by atoms with Crippen molar-refractivity contribution in [3.8, 4) is 0 Å². The van der Waals surface area contributed by atoms with Crippen molar-refractivity contribution in [2.75, 3.05) is 20.3 Å². The second-order valence-electron chi connectivity index (χ2n) is 5.15. The van der Waals surface area contributed by atoms with Gasteiger partial charge in [-0.3, -0.25) is 9.59 Å². The van der Waals surface area contributed by atoms with Crippen LogP contribution >= 0.6 is 11.6 Å². The summed E-state index contributed by atoms with van der Waals surface area (Å²) in [5.74, 6) is -0.687. The number of amides is 2. The van der Waals surface area contributed by atoms with Crippen LogP contribution in [-0.4, -0.2) is 32.1 Å². The first-order valence-electron chi connectivity index (χ1n) is 6.68. The highest BCUT2D eigenvalue weighted by molar-refractivity contribution is 6.31. The van der Waals surface area contributed by atoms with Gasteiger partial charge in [0.15, 0.2) is 0 Å². The van der Waals surface area contributed by atoms with Gasteiger partial charge in [-0.1, -0.05) is 29.8 Å². The van der Waals surface area contributed by atoms with E-state index in [1.165, 1.54) is 0 Å². The highest BCUT2D eigenvalue weighted by atomic mass is 35.5. The lowest BCUT2D eigenvalue weighted by atomic mass is 9.91. The number of methoxy groups -OCH3 is 1. The van der Waals surface area contributed by atoms with E-state index in [1.54, 1.807) is 27.0 Å². The zero-order valence-corrected chi connectivity index (χ0v) is 13.3. The van der Waals surface area contributed by atoms with E-state index in [1.807, 2.05) is 18.2 Å². The summed E-state index contributed by atoms with van der Waals surface area (Å²) in [6.45, 7) is 4.22. The summed E-state index contributed by atoms with van der Waals surface area (Å²) in [4.78, 5) is 24.2. The second kappa shape index (κ2) is 8.00. The van der Waals surface area contributed by atoms with Gasteiger partial charge in [0.2, 0.25) is 11.8 Å². The Morgan fingerprint density at radius 1 is 1.19 bits per heavy atom. The van der Waals surface area contributed by atoms with Crippen LogP contribution in [0.1, 0.15) is 19.4 Å². The summed E-state index contributed by atoms with van der Waals surface area (Å²) in [5.41, 5.74) is -0.349. The zero-order valence-electron chi connectivity index (χ0n) is 12.5. The predicted octanol–water partition coefficient (Wildman–Crippen LogP) is 1.74. The Balaban J connectivity index is 2.57. The van der Waals surface area contributed by atoms with Gasteiger partial charge >= 0.3 is 0 Å². The lowest BCUT2D eigenvalue weighted by molar-refractivity contribution is -0.141. The minimum atomic E-state index is -1.16. The van der Waals surface area contributed by atoms with Gasteiger partial charge in [0.05, 0.1) is 6.61 Å². The van der Waals surface area contributed by atoms with Crippen molar-refractivity contribution in [2.45, 2.75) is 20.4 Å². The molecule has 116 valence electrons. The molecule has 1 aromatic carbocycles. The number of ether oxygens (including phenoxy) is 1. The molecule has 5 nitrogen and oxygen atoms in total. The molecule has 2 amide bonds. The Morgan fingerprint density at radius 3 is 2.43 bits per heavy atom. The monoisotopic (exact) mass is 312 g/mol. The van der Waals surface area contributed by atoms with E-state index in [0.29, 0.717) is 18.2 Å². The van der Waals surface area contributed by atoms with Crippen molar-refractivity contribution in [1.82, 2.24) is 10.6 Å². The van der Waals surface area contributed by atoms with Gasteiger partial charge in [-0.15, -0.1) is 0 Å². The predicted molar refractivity (Wildman–Crippen MR) is 82.0 cm³/mol. The van der Waals surface area contributed by atoms with E-state index >= 15 is 0 Å². The number of benzene rings is 1. The first kappa shape index (κ1) is 17.5. The maximum Gasteiger partial charge on any atom is 0.235 e. The zero-order chi connectivity index (χ0) is 15.9. The Bertz CT molecular complexity index is 503. The molecule has 6 heteroatoms. The molecule has 0 spiro atoms. The average molecular weight is 313 g/mol. The smallest absolute Gasteiger partial charge is 0.235 e. The van der Waals surface area contributed by atoms with Crippen LogP contribution in [-0.2, 0) is 20.9 Å². The van der Waals surface area contributed by atoms with Crippen LogP contribution in [0.25, 0.3) is 0 Å². The third-order valence-corrected chi connectivity index (χ3v) is 3.49. The molecule has 0 aromatic heterocycles. The van der Waals surface area contributed by atoms with Gasteiger partial charge in [-0.2, -0.15) is 0 Å².